The summed E-state index contributed by atoms with van der Waals surface area (Å²) in [5.74, 6) is -0.446. The van der Waals surface area contributed by atoms with Crippen LogP contribution in [-0.2, 0) is 9.53 Å². The zero-order chi connectivity index (χ0) is 8.53. The number of aliphatic hydroxyl groups excluding tert-OH is 1. The maximum absolute atomic E-state index is 10.6. The Labute approximate surface area is 70.6 Å². The summed E-state index contributed by atoms with van der Waals surface area (Å²) in [6, 6.07) is 0. The van der Waals surface area contributed by atoms with E-state index in [2.05, 4.69) is 4.74 Å². The summed E-state index contributed by atoms with van der Waals surface area (Å²) in [5, 5.41) is 8.36. The summed E-state index contributed by atoms with van der Waals surface area (Å²) in [5.41, 5.74) is 1.11. The minimum Gasteiger partial charge on any atom is -0.463 e. The molecule has 0 atom stereocenters. The highest BCUT2D eigenvalue weighted by Crippen LogP contribution is 1.90. The van der Waals surface area contributed by atoms with Crippen LogP contribution in [0.1, 0.15) is 12.8 Å². The van der Waals surface area contributed by atoms with Gasteiger partial charge in [-0.2, -0.15) is 0 Å². The van der Waals surface area contributed by atoms with Crippen molar-refractivity contribution in [2.75, 3.05) is 13.2 Å². The first-order valence-corrected chi connectivity index (χ1v) is 3.79. The van der Waals surface area contributed by atoms with Gasteiger partial charge in [0.15, 0.2) is 0 Å². The molecule has 0 aromatic heterocycles. The quantitative estimate of drug-likeness (QED) is 0.389. The Bertz CT molecular complexity index is 134. The number of carbonyl (C=O) groups is 1. The Hall–Kier alpha value is -0.540. The van der Waals surface area contributed by atoms with Crippen LogP contribution in [0.4, 0.5) is 0 Å². The minimum atomic E-state index is -0.446. The normalized spacial score (nSPS) is 10.4. The summed E-state index contributed by atoms with van der Waals surface area (Å²) in [6.45, 7) is 0.462. The van der Waals surface area contributed by atoms with Crippen LogP contribution in [0.15, 0.2) is 11.6 Å². The molecular formula is C7H11ClO3. The molecule has 0 aliphatic heterocycles. The number of halogens is 1. The van der Waals surface area contributed by atoms with Crippen molar-refractivity contribution < 1.29 is 14.6 Å². The highest BCUT2D eigenvalue weighted by molar-refractivity contribution is 6.26. The molecule has 0 rings (SSSR count). The fourth-order valence-electron chi connectivity index (χ4n) is 0.486. The van der Waals surface area contributed by atoms with E-state index in [1.165, 1.54) is 0 Å². The summed E-state index contributed by atoms with van der Waals surface area (Å²) < 4.78 is 4.66. The number of rotatable bonds is 5. The second kappa shape index (κ2) is 7.57. The number of carbonyl (C=O) groups excluding carboxylic acids is 1. The first-order chi connectivity index (χ1) is 5.31. The second-order valence-electron chi connectivity index (χ2n) is 1.89. The van der Waals surface area contributed by atoms with Crippen LogP contribution in [-0.4, -0.2) is 24.3 Å². The molecule has 4 heteroatoms. The molecule has 64 valence electrons. The van der Waals surface area contributed by atoms with Crippen molar-refractivity contribution in [2.45, 2.75) is 12.8 Å². The molecule has 0 aliphatic carbocycles. The summed E-state index contributed by atoms with van der Waals surface area (Å²) >= 11 is 5.12. The van der Waals surface area contributed by atoms with E-state index in [9.17, 15) is 4.79 Å². The van der Waals surface area contributed by atoms with Gasteiger partial charge < -0.3 is 9.84 Å². The van der Waals surface area contributed by atoms with Gasteiger partial charge in [-0.3, -0.25) is 0 Å². The van der Waals surface area contributed by atoms with Crippen LogP contribution in [0.2, 0.25) is 0 Å². The third kappa shape index (κ3) is 7.36. The van der Waals surface area contributed by atoms with E-state index in [1.54, 1.807) is 0 Å². The monoisotopic (exact) mass is 178 g/mol. The number of esters is 1. The number of hydrogen-bond acceptors (Lipinski definition) is 3. The molecule has 0 aromatic rings. The molecule has 0 bridgehead atoms. The van der Waals surface area contributed by atoms with Crippen molar-refractivity contribution in [1.82, 2.24) is 0 Å². The number of ether oxygens (including phenoxy) is 1. The van der Waals surface area contributed by atoms with E-state index in [0.717, 1.165) is 11.6 Å². The molecule has 0 saturated carbocycles. The fourth-order valence-corrected chi connectivity index (χ4v) is 0.589. The molecule has 0 heterocycles. The third-order valence-electron chi connectivity index (χ3n) is 0.996. The van der Waals surface area contributed by atoms with Crippen LogP contribution in [0.5, 0.6) is 0 Å². The Balaban J connectivity index is 3.17. The van der Waals surface area contributed by atoms with Gasteiger partial charge in [0.05, 0.1) is 6.61 Å². The lowest BCUT2D eigenvalue weighted by Crippen LogP contribution is -2.02. The van der Waals surface area contributed by atoms with E-state index in [4.69, 9.17) is 16.7 Å². The van der Waals surface area contributed by atoms with Crippen molar-refractivity contribution in [3.8, 4) is 0 Å². The maximum Gasteiger partial charge on any atom is 0.331 e. The lowest BCUT2D eigenvalue weighted by molar-refractivity contribution is -0.137. The van der Waals surface area contributed by atoms with Crippen LogP contribution < -0.4 is 0 Å². The van der Waals surface area contributed by atoms with E-state index in [-0.39, 0.29) is 6.61 Å². The van der Waals surface area contributed by atoms with Gasteiger partial charge in [-0.25, -0.2) is 4.79 Å². The highest BCUT2D eigenvalue weighted by Gasteiger charge is 1.94. The molecule has 3 nitrogen and oxygen atoms in total. The predicted molar refractivity (Wildman–Crippen MR) is 42.3 cm³/mol. The largest absolute Gasteiger partial charge is 0.463 e. The molecule has 0 unspecified atom stereocenters. The zero-order valence-corrected chi connectivity index (χ0v) is 6.88. The zero-order valence-electron chi connectivity index (χ0n) is 6.12. The lowest BCUT2D eigenvalue weighted by atomic mass is 10.3. The van der Waals surface area contributed by atoms with Crippen LogP contribution >= 0.6 is 11.6 Å². The van der Waals surface area contributed by atoms with E-state index in [1.807, 2.05) is 0 Å². The smallest absolute Gasteiger partial charge is 0.331 e. The second-order valence-corrected chi connectivity index (χ2v) is 2.14. The number of unbranched alkanes of at least 4 members (excludes halogenated alkanes) is 1. The number of hydrogen-bond donors (Lipinski definition) is 1. The van der Waals surface area contributed by atoms with E-state index < -0.39 is 5.97 Å². The third-order valence-corrected chi connectivity index (χ3v) is 1.12. The number of aliphatic hydroxyl groups is 1. The van der Waals surface area contributed by atoms with Gasteiger partial charge >= 0.3 is 5.97 Å². The molecule has 11 heavy (non-hydrogen) atoms. The van der Waals surface area contributed by atoms with Gasteiger partial charge in [0.2, 0.25) is 0 Å². The topological polar surface area (TPSA) is 46.5 Å². The minimum absolute atomic E-state index is 0.128. The summed E-state index contributed by atoms with van der Waals surface area (Å²) in [6.07, 6.45) is 2.47. The molecular weight excluding hydrogens is 168 g/mol. The summed E-state index contributed by atoms with van der Waals surface area (Å²) in [4.78, 5) is 10.6. The molecule has 1 N–H and O–H groups in total. The van der Waals surface area contributed by atoms with Gasteiger partial charge in [0.1, 0.15) is 0 Å². The van der Waals surface area contributed by atoms with Gasteiger partial charge in [0, 0.05) is 18.2 Å². The van der Waals surface area contributed by atoms with Gasteiger partial charge in [-0.05, 0) is 12.8 Å². The Morgan fingerprint density at radius 2 is 2.27 bits per heavy atom. The Morgan fingerprint density at radius 3 is 2.82 bits per heavy atom. The van der Waals surface area contributed by atoms with Crippen molar-refractivity contribution in [3.05, 3.63) is 11.6 Å². The maximum atomic E-state index is 10.6. The van der Waals surface area contributed by atoms with Crippen LogP contribution in [0.25, 0.3) is 0 Å². The standard InChI is InChI=1S/C7H11ClO3/c8-4-3-7(10)11-6-2-1-5-9/h3-4,9H,1-2,5-6H2. The molecule has 0 radical (unpaired) electrons. The molecule has 0 amide bonds. The Morgan fingerprint density at radius 1 is 1.55 bits per heavy atom. The summed E-state index contributed by atoms with van der Waals surface area (Å²) in [7, 11) is 0. The average molecular weight is 179 g/mol. The molecule has 0 fully saturated rings. The van der Waals surface area contributed by atoms with Crippen LogP contribution in [0, 0.1) is 0 Å². The molecule has 0 spiro atoms. The lowest BCUT2D eigenvalue weighted by Gasteiger charge is -1.98. The molecule has 0 aromatic carbocycles. The van der Waals surface area contributed by atoms with Crippen molar-refractivity contribution >= 4 is 17.6 Å². The first-order valence-electron chi connectivity index (χ1n) is 3.35. The molecule has 0 aliphatic rings. The predicted octanol–water partition coefficient (Wildman–Crippen LogP) is 1.05. The Kier molecular flexibility index (Phi) is 7.19. The van der Waals surface area contributed by atoms with Gasteiger partial charge in [-0.1, -0.05) is 11.6 Å². The van der Waals surface area contributed by atoms with Crippen molar-refractivity contribution in [1.29, 1.82) is 0 Å². The van der Waals surface area contributed by atoms with E-state index >= 15 is 0 Å². The van der Waals surface area contributed by atoms with Gasteiger partial charge in [-0.15, -0.1) is 0 Å². The fraction of sp³-hybridized carbons (Fsp3) is 0.571. The van der Waals surface area contributed by atoms with Gasteiger partial charge in [0.25, 0.3) is 0 Å². The van der Waals surface area contributed by atoms with E-state index in [0.29, 0.717) is 19.4 Å². The molecule has 0 saturated heterocycles. The highest BCUT2D eigenvalue weighted by atomic mass is 35.5. The van der Waals surface area contributed by atoms with Crippen LogP contribution in [0.3, 0.4) is 0 Å². The average Bonchev–Trinajstić information content (AvgIpc) is 1.99. The SMILES string of the molecule is O=C(C=CCl)OCCCCO. The van der Waals surface area contributed by atoms with Crippen molar-refractivity contribution in [3.63, 3.8) is 0 Å². The first kappa shape index (κ1) is 10.5. The van der Waals surface area contributed by atoms with Crippen molar-refractivity contribution in [2.24, 2.45) is 0 Å².